The SMILES string of the molecule is CCCCCCc1ccncc1OC. The molecular weight excluding hydrogens is 174 g/mol. The number of ether oxygens (including phenoxy) is 1. The Labute approximate surface area is 86.3 Å². The first-order chi connectivity index (χ1) is 6.88. The van der Waals surface area contributed by atoms with Gasteiger partial charge in [0.15, 0.2) is 0 Å². The smallest absolute Gasteiger partial charge is 0.140 e. The van der Waals surface area contributed by atoms with E-state index in [0.717, 1.165) is 12.2 Å². The zero-order chi connectivity index (χ0) is 10.2. The third kappa shape index (κ3) is 3.36. The molecule has 0 bridgehead atoms. The second-order valence-corrected chi connectivity index (χ2v) is 3.50. The molecule has 0 aliphatic heterocycles. The van der Waals surface area contributed by atoms with Crippen molar-refractivity contribution in [1.29, 1.82) is 0 Å². The average Bonchev–Trinajstić information content (AvgIpc) is 2.25. The summed E-state index contributed by atoms with van der Waals surface area (Å²) in [4.78, 5) is 4.04. The van der Waals surface area contributed by atoms with Gasteiger partial charge in [0.2, 0.25) is 0 Å². The predicted octanol–water partition coefficient (Wildman–Crippen LogP) is 3.21. The molecule has 0 radical (unpaired) electrons. The van der Waals surface area contributed by atoms with E-state index in [1.165, 1.54) is 31.2 Å². The Morgan fingerprint density at radius 3 is 2.86 bits per heavy atom. The van der Waals surface area contributed by atoms with Crippen LogP contribution in [-0.4, -0.2) is 12.1 Å². The molecule has 1 rings (SSSR count). The molecule has 0 saturated carbocycles. The summed E-state index contributed by atoms with van der Waals surface area (Å²) in [7, 11) is 1.70. The van der Waals surface area contributed by atoms with Crippen molar-refractivity contribution in [2.24, 2.45) is 0 Å². The molecule has 78 valence electrons. The van der Waals surface area contributed by atoms with Gasteiger partial charge in [-0.3, -0.25) is 4.98 Å². The van der Waals surface area contributed by atoms with Gasteiger partial charge in [0.25, 0.3) is 0 Å². The van der Waals surface area contributed by atoms with Crippen LogP contribution in [0.2, 0.25) is 0 Å². The second kappa shape index (κ2) is 6.41. The van der Waals surface area contributed by atoms with E-state index < -0.39 is 0 Å². The second-order valence-electron chi connectivity index (χ2n) is 3.50. The number of unbranched alkanes of at least 4 members (excludes halogenated alkanes) is 3. The molecule has 1 aromatic rings. The molecule has 0 fully saturated rings. The van der Waals surface area contributed by atoms with Crippen LogP contribution in [0.25, 0.3) is 0 Å². The summed E-state index contributed by atoms with van der Waals surface area (Å²) in [5.74, 6) is 0.920. The van der Waals surface area contributed by atoms with Gasteiger partial charge in [0, 0.05) is 6.20 Å². The van der Waals surface area contributed by atoms with Gasteiger partial charge in [0.05, 0.1) is 13.3 Å². The maximum absolute atomic E-state index is 5.24. The van der Waals surface area contributed by atoms with Gasteiger partial charge in [-0.05, 0) is 24.5 Å². The Balaban J connectivity index is 2.41. The highest BCUT2D eigenvalue weighted by atomic mass is 16.5. The number of rotatable bonds is 6. The first-order valence-corrected chi connectivity index (χ1v) is 5.35. The van der Waals surface area contributed by atoms with Crippen LogP contribution in [-0.2, 0) is 6.42 Å². The van der Waals surface area contributed by atoms with Gasteiger partial charge in [-0.25, -0.2) is 0 Å². The molecule has 0 aliphatic carbocycles. The minimum Gasteiger partial charge on any atom is -0.495 e. The molecule has 14 heavy (non-hydrogen) atoms. The van der Waals surface area contributed by atoms with Crippen molar-refractivity contribution in [3.8, 4) is 5.75 Å². The van der Waals surface area contributed by atoms with Crippen LogP contribution < -0.4 is 4.74 Å². The minimum atomic E-state index is 0.920. The highest BCUT2D eigenvalue weighted by Gasteiger charge is 2.00. The average molecular weight is 193 g/mol. The monoisotopic (exact) mass is 193 g/mol. The number of hydrogen-bond donors (Lipinski definition) is 0. The number of aryl methyl sites for hydroxylation is 1. The number of aromatic nitrogens is 1. The molecule has 0 unspecified atom stereocenters. The Morgan fingerprint density at radius 1 is 1.29 bits per heavy atom. The van der Waals surface area contributed by atoms with E-state index in [1.807, 2.05) is 12.3 Å². The topological polar surface area (TPSA) is 22.1 Å². The van der Waals surface area contributed by atoms with Crippen molar-refractivity contribution < 1.29 is 4.74 Å². The minimum absolute atomic E-state index is 0.920. The van der Waals surface area contributed by atoms with E-state index >= 15 is 0 Å². The lowest BCUT2D eigenvalue weighted by Gasteiger charge is -2.06. The lowest BCUT2D eigenvalue weighted by atomic mass is 10.1. The molecule has 0 spiro atoms. The normalized spacial score (nSPS) is 10.1. The van der Waals surface area contributed by atoms with E-state index in [1.54, 1.807) is 13.3 Å². The van der Waals surface area contributed by atoms with Crippen LogP contribution in [0.1, 0.15) is 38.2 Å². The highest BCUT2D eigenvalue weighted by Crippen LogP contribution is 2.18. The summed E-state index contributed by atoms with van der Waals surface area (Å²) in [6.07, 6.45) is 9.88. The summed E-state index contributed by atoms with van der Waals surface area (Å²) < 4.78 is 5.24. The molecule has 2 heteroatoms. The zero-order valence-electron chi connectivity index (χ0n) is 9.12. The van der Waals surface area contributed by atoms with E-state index in [9.17, 15) is 0 Å². The van der Waals surface area contributed by atoms with Crippen molar-refractivity contribution in [1.82, 2.24) is 4.98 Å². The predicted molar refractivity (Wildman–Crippen MR) is 58.6 cm³/mol. The fourth-order valence-corrected chi connectivity index (χ4v) is 1.54. The van der Waals surface area contributed by atoms with Gasteiger partial charge in [-0.2, -0.15) is 0 Å². The van der Waals surface area contributed by atoms with Gasteiger partial charge in [0.1, 0.15) is 5.75 Å². The van der Waals surface area contributed by atoms with Gasteiger partial charge in [-0.1, -0.05) is 26.2 Å². The van der Waals surface area contributed by atoms with Crippen LogP contribution in [0.3, 0.4) is 0 Å². The lowest BCUT2D eigenvalue weighted by molar-refractivity contribution is 0.406. The quantitative estimate of drug-likeness (QED) is 0.647. The fraction of sp³-hybridized carbons (Fsp3) is 0.583. The molecule has 0 saturated heterocycles. The van der Waals surface area contributed by atoms with E-state index in [2.05, 4.69) is 11.9 Å². The third-order valence-corrected chi connectivity index (χ3v) is 2.39. The first kappa shape index (κ1) is 11.0. The molecule has 0 aromatic carbocycles. The molecule has 0 aliphatic rings. The lowest BCUT2D eigenvalue weighted by Crippen LogP contribution is -1.93. The standard InChI is InChI=1S/C12H19NO/c1-3-4-5-6-7-11-8-9-13-10-12(11)14-2/h8-10H,3-7H2,1-2H3. The van der Waals surface area contributed by atoms with Crippen LogP contribution >= 0.6 is 0 Å². The third-order valence-electron chi connectivity index (χ3n) is 2.39. The molecule has 1 aromatic heterocycles. The number of hydrogen-bond acceptors (Lipinski definition) is 2. The molecule has 2 nitrogen and oxygen atoms in total. The summed E-state index contributed by atoms with van der Waals surface area (Å²) in [6.45, 7) is 2.23. The van der Waals surface area contributed by atoms with Crippen molar-refractivity contribution in [2.45, 2.75) is 39.0 Å². The van der Waals surface area contributed by atoms with E-state index in [0.29, 0.717) is 0 Å². The zero-order valence-corrected chi connectivity index (χ0v) is 9.12. The van der Waals surface area contributed by atoms with Crippen LogP contribution in [0, 0.1) is 0 Å². The van der Waals surface area contributed by atoms with Crippen molar-refractivity contribution >= 4 is 0 Å². The molecule has 0 atom stereocenters. The summed E-state index contributed by atoms with van der Waals surface area (Å²) in [5, 5.41) is 0. The summed E-state index contributed by atoms with van der Waals surface area (Å²) >= 11 is 0. The van der Waals surface area contributed by atoms with Gasteiger partial charge in [-0.15, -0.1) is 0 Å². The maximum Gasteiger partial charge on any atom is 0.140 e. The van der Waals surface area contributed by atoms with Crippen LogP contribution in [0.5, 0.6) is 5.75 Å². The maximum atomic E-state index is 5.24. The first-order valence-electron chi connectivity index (χ1n) is 5.35. The van der Waals surface area contributed by atoms with E-state index in [4.69, 9.17) is 4.74 Å². The molecule has 0 amide bonds. The Kier molecular flexibility index (Phi) is 5.05. The molecular formula is C12H19NO. The van der Waals surface area contributed by atoms with E-state index in [-0.39, 0.29) is 0 Å². The fourth-order valence-electron chi connectivity index (χ4n) is 1.54. The highest BCUT2D eigenvalue weighted by molar-refractivity contribution is 5.29. The van der Waals surface area contributed by atoms with Crippen molar-refractivity contribution in [3.05, 3.63) is 24.0 Å². The summed E-state index contributed by atoms with van der Waals surface area (Å²) in [5.41, 5.74) is 1.28. The Morgan fingerprint density at radius 2 is 2.14 bits per heavy atom. The number of methoxy groups -OCH3 is 1. The van der Waals surface area contributed by atoms with Crippen LogP contribution in [0.4, 0.5) is 0 Å². The number of nitrogens with zero attached hydrogens (tertiary/aromatic N) is 1. The van der Waals surface area contributed by atoms with Crippen LogP contribution in [0.15, 0.2) is 18.5 Å². The van der Waals surface area contributed by atoms with Gasteiger partial charge >= 0.3 is 0 Å². The van der Waals surface area contributed by atoms with Gasteiger partial charge < -0.3 is 4.74 Å². The molecule has 1 heterocycles. The van der Waals surface area contributed by atoms with Crippen molar-refractivity contribution in [2.75, 3.05) is 7.11 Å². The Hall–Kier alpha value is -1.05. The molecule has 0 N–H and O–H groups in total. The van der Waals surface area contributed by atoms with Crippen molar-refractivity contribution in [3.63, 3.8) is 0 Å². The Bertz CT molecular complexity index is 260. The number of pyridine rings is 1. The largest absolute Gasteiger partial charge is 0.495 e. The summed E-state index contributed by atoms with van der Waals surface area (Å²) in [6, 6.07) is 2.05.